The fourth-order valence-corrected chi connectivity index (χ4v) is 3.44. The number of para-hydroxylation sites is 1. The molecule has 5 nitrogen and oxygen atoms in total. The molecular weight excluding hydrogens is 280 g/mol. The van der Waals surface area contributed by atoms with Gasteiger partial charge in [0.25, 0.3) is 0 Å². The highest BCUT2D eigenvalue weighted by Gasteiger charge is 2.38. The van der Waals surface area contributed by atoms with Gasteiger partial charge in [-0.1, -0.05) is 18.2 Å². The molecule has 1 amide bonds. The minimum atomic E-state index is -0.814. The van der Waals surface area contributed by atoms with E-state index in [0.29, 0.717) is 19.4 Å². The second-order valence-corrected chi connectivity index (χ2v) is 6.01. The lowest BCUT2D eigenvalue weighted by Crippen LogP contribution is -2.38. The van der Waals surface area contributed by atoms with E-state index in [1.807, 2.05) is 38.1 Å². The highest BCUT2D eigenvalue weighted by Crippen LogP contribution is 2.27. The molecule has 2 heterocycles. The van der Waals surface area contributed by atoms with Gasteiger partial charge in [-0.05, 0) is 31.9 Å². The Labute approximate surface area is 128 Å². The number of carbonyl (C=O) groups is 2. The average molecular weight is 300 g/mol. The maximum Gasteiger partial charge on any atom is 0.308 e. The molecule has 1 aliphatic rings. The lowest BCUT2D eigenvalue weighted by Gasteiger charge is -2.23. The van der Waals surface area contributed by atoms with Gasteiger partial charge in [0.2, 0.25) is 5.91 Å². The van der Waals surface area contributed by atoms with Crippen LogP contribution in [0.4, 0.5) is 0 Å². The average Bonchev–Trinajstić information content (AvgIpc) is 3.00. The zero-order valence-electron chi connectivity index (χ0n) is 12.8. The van der Waals surface area contributed by atoms with Crippen LogP contribution in [0.15, 0.2) is 24.3 Å². The monoisotopic (exact) mass is 300 g/mol. The quantitative estimate of drug-likeness (QED) is 0.913. The maximum atomic E-state index is 12.6. The first-order valence-corrected chi connectivity index (χ1v) is 7.57. The van der Waals surface area contributed by atoms with Crippen molar-refractivity contribution in [3.8, 4) is 0 Å². The summed E-state index contributed by atoms with van der Waals surface area (Å²) in [7, 11) is 0. The first-order valence-electron chi connectivity index (χ1n) is 7.57. The van der Waals surface area contributed by atoms with E-state index in [-0.39, 0.29) is 11.9 Å². The van der Waals surface area contributed by atoms with Crippen molar-refractivity contribution in [2.75, 3.05) is 6.54 Å². The van der Waals surface area contributed by atoms with Gasteiger partial charge in [-0.3, -0.25) is 9.59 Å². The molecule has 1 fully saturated rings. The van der Waals surface area contributed by atoms with E-state index in [1.165, 1.54) is 0 Å². The number of rotatable bonds is 3. The first-order chi connectivity index (χ1) is 10.5. The third-order valence-electron chi connectivity index (χ3n) is 4.75. The molecule has 2 atom stereocenters. The van der Waals surface area contributed by atoms with E-state index in [0.717, 1.165) is 22.2 Å². The number of amides is 1. The van der Waals surface area contributed by atoms with Crippen molar-refractivity contribution in [2.24, 2.45) is 5.92 Å². The van der Waals surface area contributed by atoms with E-state index in [2.05, 4.69) is 4.98 Å². The molecule has 1 aromatic heterocycles. The lowest BCUT2D eigenvalue weighted by molar-refractivity contribution is -0.143. The van der Waals surface area contributed by atoms with Crippen molar-refractivity contribution in [2.45, 2.75) is 32.7 Å². The Bertz CT molecular complexity index is 735. The summed E-state index contributed by atoms with van der Waals surface area (Å²) < 4.78 is 0. The summed E-state index contributed by atoms with van der Waals surface area (Å²) in [5.41, 5.74) is 3.03. The molecule has 1 aliphatic heterocycles. The number of hydrogen-bond acceptors (Lipinski definition) is 2. The second-order valence-electron chi connectivity index (χ2n) is 6.01. The lowest BCUT2D eigenvalue weighted by atomic mass is 10.0. The van der Waals surface area contributed by atoms with Crippen LogP contribution in [0.1, 0.15) is 24.6 Å². The summed E-state index contributed by atoms with van der Waals surface area (Å²) in [5, 5.41) is 10.2. The van der Waals surface area contributed by atoms with Crippen molar-refractivity contribution in [1.29, 1.82) is 0 Å². The molecule has 3 rings (SSSR count). The topological polar surface area (TPSA) is 73.4 Å². The largest absolute Gasteiger partial charge is 0.481 e. The van der Waals surface area contributed by atoms with Gasteiger partial charge in [-0.15, -0.1) is 0 Å². The minimum absolute atomic E-state index is 0.00380. The molecule has 0 saturated carbocycles. The minimum Gasteiger partial charge on any atom is -0.481 e. The molecule has 2 aromatic rings. The third-order valence-corrected chi connectivity index (χ3v) is 4.75. The molecule has 0 aliphatic carbocycles. The number of carboxylic acids is 1. The Kier molecular flexibility index (Phi) is 3.64. The molecule has 1 saturated heterocycles. The zero-order chi connectivity index (χ0) is 15.9. The first kappa shape index (κ1) is 14.6. The second kappa shape index (κ2) is 5.48. The Morgan fingerprint density at radius 2 is 2.09 bits per heavy atom. The van der Waals surface area contributed by atoms with Crippen LogP contribution in [-0.4, -0.2) is 39.5 Å². The zero-order valence-corrected chi connectivity index (χ0v) is 12.8. The smallest absolute Gasteiger partial charge is 0.308 e. The van der Waals surface area contributed by atoms with Gasteiger partial charge < -0.3 is 15.0 Å². The van der Waals surface area contributed by atoms with Crippen LogP contribution in [-0.2, 0) is 16.0 Å². The summed E-state index contributed by atoms with van der Waals surface area (Å²) in [4.78, 5) is 28.8. The van der Waals surface area contributed by atoms with Crippen molar-refractivity contribution in [3.63, 3.8) is 0 Å². The van der Waals surface area contributed by atoms with Gasteiger partial charge in [0, 0.05) is 29.2 Å². The fraction of sp³-hybridized carbons (Fsp3) is 0.412. The highest BCUT2D eigenvalue weighted by molar-refractivity contribution is 5.90. The molecule has 2 unspecified atom stereocenters. The predicted molar refractivity (Wildman–Crippen MR) is 83.7 cm³/mol. The van der Waals surface area contributed by atoms with Gasteiger partial charge in [-0.2, -0.15) is 0 Å². The number of benzene rings is 1. The number of carboxylic acid groups (broad SMARTS) is 1. The van der Waals surface area contributed by atoms with Crippen molar-refractivity contribution in [1.82, 2.24) is 9.88 Å². The van der Waals surface area contributed by atoms with E-state index in [9.17, 15) is 14.7 Å². The van der Waals surface area contributed by atoms with Crippen LogP contribution < -0.4 is 0 Å². The van der Waals surface area contributed by atoms with Gasteiger partial charge >= 0.3 is 5.97 Å². The van der Waals surface area contributed by atoms with E-state index < -0.39 is 11.9 Å². The van der Waals surface area contributed by atoms with Crippen LogP contribution in [0.2, 0.25) is 0 Å². The molecule has 0 spiro atoms. The van der Waals surface area contributed by atoms with Gasteiger partial charge in [-0.25, -0.2) is 0 Å². The number of hydrogen-bond donors (Lipinski definition) is 2. The number of nitrogens with one attached hydrogen (secondary N) is 1. The number of fused-ring (bicyclic) bond motifs is 1. The molecule has 0 radical (unpaired) electrons. The van der Waals surface area contributed by atoms with Crippen LogP contribution in [0, 0.1) is 12.8 Å². The van der Waals surface area contributed by atoms with Crippen LogP contribution in [0.25, 0.3) is 10.9 Å². The highest BCUT2D eigenvalue weighted by atomic mass is 16.4. The number of aromatic nitrogens is 1. The van der Waals surface area contributed by atoms with Crippen molar-refractivity contribution < 1.29 is 14.7 Å². The van der Waals surface area contributed by atoms with E-state index in [4.69, 9.17) is 0 Å². The Morgan fingerprint density at radius 1 is 1.36 bits per heavy atom. The molecule has 1 aromatic carbocycles. The molecule has 22 heavy (non-hydrogen) atoms. The fourth-order valence-electron chi connectivity index (χ4n) is 3.44. The SMILES string of the molecule is Cc1[nH]c2ccccc2c1CC(=O)N1CCC(C(=O)O)C1C. The maximum absolute atomic E-state index is 12.6. The van der Waals surface area contributed by atoms with Crippen LogP contribution in [0.5, 0.6) is 0 Å². The van der Waals surface area contributed by atoms with Crippen molar-refractivity contribution >= 4 is 22.8 Å². The number of aromatic amines is 1. The number of H-pyrrole nitrogens is 1. The summed E-state index contributed by atoms with van der Waals surface area (Å²) >= 11 is 0. The number of carbonyl (C=O) groups excluding carboxylic acids is 1. The summed E-state index contributed by atoms with van der Waals surface area (Å²) in [6.07, 6.45) is 0.849. The molecule has 2 N–H and O–H groups in total. The number of likely N-dealkylation sites (tertiary alicyclic amines) is 1. The Balaban J connectivity index is 1.82. The summed E-state index contributed by atoms with van der Waals surface area (Å²) in [5.74, 6) is -1.26. The van der Waals surface area contributed by atoms with Crippen LogP contribution in [0.3, 0.4) is 0 Å². The normalized spacial score (nSPS) is 21.5. The van der Waals surface area contributed by atoms with Gasteiger partial charge in [0.1, 0.15) is 0 Å². The van der Waals surface area contributed by atoms with Crippen LogP contribution >= 0.6 is 0 Å². The van der Waals surface area contributed by atoms with Gasteiger partial charge in [0.15, 0.2) is 0 Å². The van der Waals surface area contributed by atoms with Crippen molar-refractivity contribution in [3.05, 3.63) is 35.5 Å². The number of aliphatic carboxylic acids is 1. The standard InChI is InChI=1S/C17H20N2O3/c1-10-14(13-5-3-4-6-15(13)18-10)9-16(20)19-8-7-12(11(19)2)17(21)22/h3-6,11-12,18H,7-9H2,1-2H3,(H,21,22). The molecular formula is C17H20N2O3. The van der Waals surface area contributed by atoms with Gasteiger partial charge in [0.05, 0.1) is 12.3 Å². The van der Waals surface area contributed by atoms with E-state index >= 15 is 0 Å². The number of aryl methyl sites for hydroxylation is 1. The molecule has 116 valence electrons. The van der Waals surface area contributed by atoms with E-state index in [1.54, 1.807) is 4.90 Å². The predicted octanol–water partition coefficient (Wildman–Crippen LogP) is 2.34. The third kappa shape index (κ3) is 2.36. The molecule has 0 bridgehead atoms. The Morgan fingerprint density at radius 3 is 2.77 bits per heavy atom. The summed E-state index contributed by atoms with van der Waals surface area (Å²) in [6, 6.07) is 7.69. The Hall–Kier alpha value is -2.30. The molecule has 5 heteroatoms. The summed E-state index contributed by atoms with van der Waals surface area (Å²) in [6.45, 7) is 4.32. The number of nitrogens with zero attached hydrogens (tertiary/aromatic N) is 1.